The Morgan fingerprint density at radius 3 is 2.88 bits per heavy atom. The van der Waals surface area contributed by atoms with Crippen LogP contribution in [0.15, 0.2) is 39.5 Å². The fraction of sp³-hybridized carbons (Fsp3) is 0.316. The lowest BCUT2D eigenvalue weighted by atomic mass is 10.1. The van der Waals surface area contributed by atoms with Gasteiger partial charge in [-0.05, 0) is 49.2 Å². The number of amidine groups is 1. The first-order valence-electron chi connectivity index (χ1n) is 8.60. The molecule has 0 unspecified atom stereocenters. The Morgan fingerprint density at radius 2 is 2.08 bits per heavy atom. The van der Waals surface area contributed by atoms with Crippen molar-refractivity contribution in [3.8, 4) is 16.3 Å². The monoisotopic (exact) mass is 385 g/mol. The van der Waals surface area contributed by atoms with Crippen molar-refractivity contribution in [2.45, 2.75) is 19.3 Å². The minimum Gasteiger partial charge on any atom is -0.497 e. The Labute approximate surface area is 160 Å². The Bertz CT molecular complexity index is 882. The molecule has 5 nitrogen and oxygen atoms in total. The molecule has 0 saturated carbocycles. The highest BCUT2D eigenvalue weighted by Gasteiger charge is 2.27. The lowest BCUT2D eigenvalue weighted by Gasteiger charge is -2.27. The molecule has 2 aromatic rings. The van der Waals surface area contributed by atoms with Crippen LogP contribution in [0.2, 0.25) is 0 Å². The highest BCUT2D eigenvalue weighted by molar-refractivity contribution is 8.18. The number of ether oxygens (including phenoxy) is 1. The summed E-state index contributed by atoms with van der Waals surface area (Å²) in [5.74, 6) is 0.644. The molecule has 7 heteroatoms. The fourth-order valence-electron chi connectivity index (χ4n) is 2.99. The zero-order valence-corrected chi connectivity index (χ0v) is 16.1. The van der Waals surface area contributed by atoms with Crippen LogP contribution in [0, 0.1) is 0 Å². The van der Waals surface area contributed by atoms with Crippen molar-refractivity contribution >= 4 is 40.2 Å². The molecular weight excluding hydrogens is 366 g/mol. The smallest absolute Gasteiger partial charge is 0.286 e. The van der Waals surface area contributed by atoms with E-state index in [1.807, 2.05) is 35.7 Å². The third-order valence-corrected chi connectivity index (χ3v) is 6.31. The number of amides is 1. The summed E-state index contributed by atoms with van der Waals surface area (Å²) < 4.78 is 5.27. The van der Waals surface area contributed by atoms with Gasteiger partial charge in [0.25, 0.3) is 5.91 Å². The van der Waals surface area contributed by atoms with Gasteiger partial charge in [0.15, 0.2) is 5.17 Å². The van der Waals surface area contributed by atoms with Gasteiger partial charge in [-0.2, -0.15) is 4.99 Å². The summed E-state index contributed by atoms with van der Waals surface area (Å²) in [6, 6.07) is 7.82. The maximum absolute atomic E-state index is 12.2. The molecule has 1 saturated heterocycles. The Kier molecular flexibility index (Phi) is 5.08. The number of piperidine rings is 1. The maximum Gasteiger partial charge on any atom is 0.286 e. The van der Waals surface area contributed by atoms with Gasteiger partial charge in [-0.25, -0.2) is 4.98 Å². The van der Waals surface area contributed by atoms with Crippen LogP contribution in [-0.2, 0) is 4.79 Å². The normalized spacial score (nSPS) is 19.1. The second-order valence-corrected chi connectivity index (χ2v) is 8.03. The van der Waals surface area contributed by atoms with Gasteiger partial charge in [-0.15, -0.1) is 11.3 Å². The minimum absolute atomic E-state index is 0.161. The number of aromatic nitrogens is 1. The van der Waals surface area contributed by atoms with Crippen LogP contribution in [0.4, 0.5) is 0 Å². The van der Waals surface area contributed by atoms with Crippen LogP contribution in [0.25, 0.3) is 16.6 Å². The molecule has 3 heterocycles. The number of carbonyl (C=O) groups is 1. The largest absolute Gasteiger partial charge is 0.497 e. The van der Waals surface area contributed by atoms with Gasteiger partial charge in [-0.3, -0.25) is 4.79 Å². The van der Waals surface area contributed by atoms with Crippen LogP contribution in [-0.4, -0.2) is 41.2 Å². The number of carbonyl (C=O) groups excluding carboxylic acids is 1. The van der Waals surface area contributed by atoms with Crippen LogP contribution in [0.5, 0.6) is 5.75 Å². The van der Waals surface area contributed by atoms with Crippen molar-refractivity contribution in [3.05, 3.63) is 40.2 Å². The third kappa shape index (κ3) is 3.68. The predicted molar refractivity (Wildman–Crippen MR) is 108 cm³/mol. The van der Waals surface area contributed by atoms with E-state index in [4.69, 9.17) is 4.74 Å². The highest BCUT2D eigenvalue weighted by atomic mass is 32.2. The lowest BCUT2D eigenvalue weighted by Crippen LogP contribution is -2.33. The van der Waals surface area contributed by atoms with Gasteiger partial charge < -0.3 is 9.64 Å². The summed E-state index contributed by atoms with van der Waals surface area (Å²) in [7, 11) is 1.65. The Morgan fingerprint density at radius 1 is 1.23 bits per heavy atom. The second-order valence-electron chi connectivity index (χ2n) is 6.17. The van der Waals surface area contributed by atoms with E-state index in [1.54, 1.807) is 18.4 Å². The highest BCUT2D eigenvalue weighted by Crippen LogP contribution is 2.33. The maximum atomic E-state index is 12.2. The molecule has 0 bridgehead atoms. The molecule has 0 radical (unpaired) electrons. The molecule has 0 N–H and O–H groups in total. The van der Waals surface area contributed by atoms with Crippen molar-refractivity contribution in [2.75, 3.05) is 20.2 Å². The summed E-state index contributed by atoms with van der Waals surface area (Å²) in [6.45, 7) is 1.98. The van der Waals surface area contributed by atoms with E-state index in [-0.39, 0.29) is 5.91 Å². The molecule has 1 fully saturated rings. The molecule has 2 aliphatic rings. The number of hydrogen-bond donors (Lipinski definition) is 0. The van der Waals surface area contributed by atoms with Gasteiger partial charge in [-0.1, -0.05) is 12.1 Å². The summed E-state index contributed by atoms with van der Waals surface area (Å²) in [6.07, 6.45) is 5.44. The number of aliphatic imine (C=N–C) groups is 1. The zero-order chi connectivity index (χ0) is 17.9. The molecule has 2 aliphatic heterocycles. The summed E-state index contributed by atoms with van der Waals surface area (Å²) in [4.78, 5) is 24.0. The number of thioether (sulfide) groups is 1. The first-order valence-corrected chi connectivity index (χ1v) is 10.3. The van der Waals surface area contributed by atoms with Gasteiger partial charge in [0.2, 0.25) is 0 Å². The Balaban J connectivity index is 1.51. The molecule has 134 valence electrons. The quantitative estimate of drug-likeness (QED) is 0.739. The number of thiazole rings is 1. The van der Waals surface area contributed by atoms with E-state index < -0.39 is 0 Å². The second kappa shape index (κ2) is 7.63. The SMILES string of the molecule is COc1cccc(-c2nc(/C=C3/SC(N4CCCCC4)=NC3=O)cs2)c1. The van der Waals surface area contributed by atoms with Crippen LogP contribution in [0.3, 0.4) is 0 Å². The summed E-state index contributed by atoms with van der Waals surface area (Å²) in [5, 5.41) is 3.71. The van der Waals surface area contributed by atoms with Crippen molar-refractivity contribution in [2.24, 2.45) is 4.99 Å². The molecule has 1 aromatic heterocycles. The first kappa shape index (κ1) is 17.3. The van der Waals surface area contributed by atoms with Crippen molar-refractivity contribution < 1.29 is 9.53 Å². The van der Waals surface area contributed by atoms with E-state index in [9.17, 15) is 4.79 Å². The number of benzene rings is 1. The number of hydrogen-bond acceptors (Lipinski definition) is 6. The molecule has 4 rings (SSSR count). The van der Waals surface area contributed by atoms with Crippen LogP contribution in [0.1, 0.15) is 25.0 Å². The number of rotatable bonds is 3. The van der Waals surface area contributed by atoms with Crippen LogP contribution < -0.4 is 4.74 Å². The third-order valence-electron chi connectivity index (χ3n) is 4.35. The summed E-state index contributed by atoms with van der Waals surface area (Å²) in [5.41, 5.74) is 1.80. The topological polar surface area (TPSA) is 54.8 Å². The number of methoxy groups -OCH3 is 1. The van der Waals surface area contributed by atoms with Gasteiger partial charge >= 0.3 is 0 Å². The molecule has 0 aliphatic carbocycles. The zero-order valence-electron chi connectivity index (χ0n) is 14.5. The van der Waals surface area contributed by atoms with Gasteiger partial charge in [0.1, 0.15) is 10.8 Å². The van der Waals surface area contributed by atoms with E-state index in [1.165, 1.54) is 31.0 Å². The minimum atomic E-state index is -0.161. The van der Waals surface area contributed by atoms with Crippen molar-refractivity contribution in [1.82, 2.24) is 9.88 Å². The van der Waals surface area contributed by atoms with Gasteiger partial charge in [0, 0.05) is 24.0 Å². The predicted octanol–water partition coefficient (Wildman–Crippen LogP) is 4.27. The van der Waals surface area contributed by atoms with E-state index >= 15 is 0 Å². The van der Waals surface area contributed by atoms with Crippen molar-refractivity contribution in [1.29, 1.82) is 0 Å². The van der Waals surface area contributed by atoms with Crippen molar-refractivity contribution in [3.63, 3.8) is 0 Å². The molecular formula is C19H19N3O2S2. The molecule has 0 spiro atoms. The van der Waals surface area contributed by atoms with Gasteiger partial charge in [0.05, 0.1) is 17.7 Å². The van der Waals surface area contributed by atoms with E-state index in [2.05, 4.69) is 14.9 Å². The standard InChI is InChI=1S/C19H19N3O2S2/c1-24-15-7-5-6-13(10-15)18-20-14(12-25-18)11-16-17(23)21-19(26-16)22-8-3-2-4-9-22/h5-7,10-12H,2-4,8-9H2,1H3/b16-11+. The molecule has 1 aromatic carbocycles. The number of nitrogens with zero attached hydrogens (tertiary/aromatic N) is 3. The molecule has 0 atom stereocenters. The fourth-order valence-corrected chi connectivity index (χ4v) is 4.72. The van der Waals surface area contributed by atoms with E-state index in [0.29, 0.717) is 4.91 Å². The molecule has 26 heavy (non-hydrogen) atoms. The molecule has 1 amide bonds. The summed E-state index contributed by atoms with van der Waals surface area (Å²) >= 11 is 3.02. The lowest BCUT2D eigenvalue weighted by molar-refractivity contribution is -0.113. The Hall–Kier alpha value is -2.12. The average molecular weight is 386 g/mol. The van der Waals surface area contributed by atoms with Crippen LogP contribution >= 0.6 is 23.1 Å². The first-order chi connectivity index (χ1) is 12.7. The average Bonchev–Trinajstić information content (AvgIpc) is 3.30. The number of likely N-dealkylation sites (tertiary alicyclic amines) is 1. The van der Waals surface area contributed by atoms with E-state index in [0.717, 1.165) is 40.3 Å².